The van der Waals surface area contributed by atoms with Crippen LogP contribution < -0.4 is 15.5 Å². The van der Waals surface area contributed by atoms with Crippen LogP contribution in [0.5, 0.6) is 0 Å². The number of likely N-dealkylation sites (N-methyl/N-ethyl adjacent to an activating group) is 1. The van der Waals surface area contributed by atoms with Gasteiger partial charge in [0, 0.05) is 24.0 Å². The summed E-state index contributed by atoms with van der Waals surface area (Å²) in [6.07, 6.45) is 1.56. The third-order valence-electron chi connectivity index (χ3n) is 3.99. The van der Waals surface area contributed by atoms with Crippen LogP contribution in [0.25, 0.3) is 0 Å². The van der Waals surface area contributed by atoms with Crippen molar-refractivity contribution >= 4 is 23.2 Å². The zero-order chi connectivity index (χ0) is 19.1. The number of amides is 2. The Morgan fingerprint density at radius 2 is 1.81 bits per heavy atom. The molecule has 6 heteroatoms. The van der Waals surface area contributed by atoms with Gasteiger partial charge in [0.05, 0.1) is 19.4 Å². The highest BCUT2D eigenvalue weighted by atomic mass is 16.3. The van der Waals surface area contributed by atoms with Gasteiger partial charge >= 0.3 is 0 Å². The molecule has 0 fully saturated rings. The van der Waals surface area contributed by atoms with E-state index in [9.17, 15) is 9.59 Å². The van der Waals surface area contributed by atoms with Gasteiger partial charge < -0.3 is 20.0 Å². The van der Waals surface area contributed by atoms with Gasteiger partial charge in [0.2, 0.25) is 5.91 Å². The second kappa shape index (κ2) is 8.71. The molecule has 27 heavy (non-hydrogen) atoms. The van der Waals surface area contributed by atoms with E-state index >= 15 is 0 Å². The van der Waals surface area contributed by atoms with Crippen molar-refractivity contribution in [1.29, 1.82) is 0 Å². The summed E-state index contributed by atoms with van der Waals surface area (Å²) in [4.78, 5) is 26.4. The lowest BCUT2D eigenvalue weighted by Gasteiger charge is -2.18. The van der Waals surface area contributed by atoms with E-state index < -0.39 is 0 Å². The van der Waals surface area contributed by atoms with Crippen LogP contribution in [0.4, 0.5) is 11.4 Å². The van der Waals surface area contributed by atoms with Crippen molar-refractivity contribution in [1.82, 2.24) is 5.32 Å². The highest BCUT2D eigenvalue weighted by Gasteiger charge is 2.10. The van der Waals surface area contributed by atoms with E-state index in [2.05, 4.69) is 10.6 Å². The third-order valence-corrected chi connectivity index (χ3v) is 3.99. The maximum absolute atomic E-state index is 12.3. The van der Waals surface area contributed by atoms with Crippen LogP contribution >= 0.6 is 0 Å². The number of benzene rings is 2. The fraction of sp³-hybridized carbons (Fsp3) is 0.143. The van der Waals surface area contributed by atoms with Crippen molar-refractivity contribution in [3.05, 3.63) is 84.3 Å². The maximum atomic E-state index is 12.3. The smallest absolute Gasteiger partial charge is 0.251 e. The van der Waals surface area contributed by atoms with Crippen molar-refractivity contribution < 1.29 is 14.0 Å². The number of rotatable bonds is 7. The van der Waals surface area contributed by atoms with Crippen LogP contribution in [0.1, 0.15) is 16.1 Å². The number of anilines is 2. The van der Waals surface area contributed by atoms with Crippen LogP contribution in [0.3, 0.4) is 0 Å². The molecule has 1 heterocycles. The Bertz CT molecular complexity index is 892. The molecule has 0 aliphatic heterocycles. The number of nitrogens with one attached hydrogen (secondary N) is 2. The molecule has 0 unspecified atom stereocenters. The molecule has 6 nitrogen and oxygen atoms in total. The molecule has 0 spiro atoms. The van der Waals surface area contributed by atoms with Gasteiger partial charge in [-0.05, 0) is 42.5 Å². The minimum atomic E-state index is -0.232. The minimum Gasteiger partial charge on any atom is -0.467 e. The summed E-state index contributed by atoms with van der Waals surface area (Å²) in [6, 6.07) is 20.1. The summed E-state index contributed by atoms with van der Waals surface area (Å²) >= 11 is 0. The number of hydrogen-bond acceptors (Lipinski definition) is 4. The summed E-state index contributed by atoms with van der Waals surface area (Å²) in [7, 11) is 1.85. The summed E-state index contributed by atoms with van der Waals surface area (Å²) in [6.45, 7) is 0.517. The first-order chi connectivity index (χ1) is 13.1. The van der Waals surface area contributed by atoms with Gasteiger partial charge in [-0.25, -0.2) is 0 Å². The minimum absolute atomic E-state index is 0.158. The van der Waals surface area contributed by atoms with E-state index in [4.69, 9.17) is 4.42 Å². The highest BCUT2D eigenvalue weighted by Crippen LogP contribution is 2.13. The van der Waals surface area contributed by atoms with Crippen LogP contribution in [0, 0.1) is 0 Å². The summed E-state index contributed by atoms with van der Waals surface area (Å²) in [5.74, 6) is 0.287. The van der Waals surface area contributed by atoms with Crippen molar-refractivity contribution in [2.24, 2.45) is 0 Å². The largest absolute Gasteiger partial charge is 0.467 e. The first kappa shape index (κ1) is 18.3. The lowest BCUT2D eigenvalue weighted by molar-refractivity contribution is -0.114. The molecule has 0 aliphatic rings. The molecular formula is C21H21N3O3. The Hall–Kier alpha value is -3.54. The molecule has 2 aromatic carbocycles. The van der Waals surface area contributed by atoms with E-state index in [0.717, 1.165) is 5.69 Å². The molecule has 2 N–H and O–H groups in total. The van der Waals surface area contributed by atoms with Gasteiger partial charge in [-0.1, -0.05) is 24.3 Å². The van der Waals surface area contributed by atoms with Crippen LogP contribution in [0.15, 0.2) is 77.4 Å². The molecule has 0 atom stereocenters. The van der Waals surface area contributed by atoms with Crippen molar-refractivity contribution in [2.45, 2.75) is 6.54 Å². The van der Waals surface area contributed by atoms with Crippen molar-refractivity contribution in [3.8, 4) is 0 Å². The van der Waals surface area contributed by atoms with Crippen molar-refractivity contribution in [3.63, 3.8) is 0 Å². The number of furan rings is 1. The molecule has 0 saturated heterocycles. The lowest BCUT2D eigenvalue weighted by Crippen LogP contribution is -2.30. The fourth-order valence-electron chi connectivity index (χ4n) is 2.61. The Morgan fingerprint density at radius 3 is 2.56 bits per heavy atom. The average Bonchev–Trinajstić information content (AvgIpc) is 3.20. The van der Waals surface area contributed by atoms with E-state index in [1.54, 1.807) is 42.7 Å². The monoisotopic (exact) mass is 363 g/mol. The van der Waals surface area contributed by atoms with Gasteiger partial charge in [0.15, 0.2) is 0 Å². The first-order valence-corrected chi connectivity index (χ1v) is 8.58. The Balaban J connectivity index is 1.56. The predicted octanol–water partition coefficient (Wildman–Crippen LogP) is 3.28. The van der Waals surface area contributed by atoms with Gasteiger partial charge in [0.1, 0.15) is 5.76 Å². The van der Waals surface area contributed by atoms with E-state index in [1.807, 2.05) is 42.3 Å². The van der Waals surface area contributed by atoms with Gasteiger partial charge in [0.25, 0.3) is 5.91 Å². The highest BCUT2D eigenvalue weighted by molar-refractivity contribution is 5.98. The summed E-state index contributed by atoms with van der Waals surface area (Å²) in [5.41, 5.74) is 2.00. The Morgan fingerprint density at radius 1 is 1.00 bits per heavy atom. The first-order valence-electron chi connectivity index (χ1n) is 8.58. The SMILES string of the molecule is CN(CC(=O)Nc1cccc(C(=O)NCc2ccco2)c1)c1ccccc1. The number of nitrogens with zero attached hydrogens (tertiary/aromatic N) is 1. The standard InChI is InChI=1S/C21H21N3O3/c1-24(18-9-3-2-4-10-18)15-20(25)23-17-8-5-7-16(13-17)21(26)22-14-19-11-6-12-27-19/h2-13H,14-15H2,1H3,(H,22,26)(H,23,25). The molecule has 3 aromatic rings. The van der Waals surface area contributed by atoms with E-state index in [-0.39, 0.29) is 18.4 Å². The van der Waals surface area contributed by atoms with Gasteiger partial charge in [-0.3, -0.25) is 9.59 Å². The molecule has 138 valence electrons. The number of hydrogen-bond donors (Lipinski definition) is 2. The normalized spacial score (nSPS) is 10.3. The molecule has 2 amide bonds. The zero-order valence-corrected chi connectivity index (χ0v) is 15.0. The number of para-hydroxylation sites is 1. The molecule has 1 aromatic heterocycles. The summed E-state index contributed by atoms with van der Waals surface area (Å²) in [5, 5.41) is 5.61. The lowest BCUT2D eigenvalue weighted by atomic mass is 10.2. The second-order valence-electron chi connectivity index (χ2n) is 6.08. The van der Waals surface area contributed by atoms with Crippen molar-refractivity contribution in [2.75, 3.05) is 23.8 Å². The van der Waals surface area contributed by atoms with Gasteiger partial charge in [-0.15, -0.1) is 0 Å². The molecule has 0 bridgehead atoms. The van der Waals surface area contributed by atoms with E-state index in [0.29, 0.717) is 23.6 Å². The third kappa shape index (κ3) is 5.22. The zero-order valence-electron chi connectivity index (χ0n) is 15.0. The average molecular weight is 363 g/mol. The quantitative estimate of drug-likeness (QED) is 0.676. The summed E-state index contributed by atoms with van der Waals surface area (Å²) < 4.78 is 5.19. The topological polar surface area (TPSA) is 74.6 Å². The molecule has 0 saturated carbocycles. The maximum Gasteiger partial charge on any atom is 0.251 e. The predicted molar refractivity (Wildman–Crippen MR) is 105 cm³/mol. The Labute approximate surface area is 157 Å². The second-order valence-corrected chi connectivity index (χ2v) is 6.08. The number of carbonyl (C=O) groups excluding carboxylic acids is 2. The molecular weight excluding hydrogens is 342 g/mol. The molecule has 0 radical (unpaired) electrons. The number of carbonyl (C=O) groups is 2. The van der Waals surface area contributed by atoms with Gasteiger partial charge in [-0.2, -0.15) is 0 Å². The molecule has 3 rings (SSSR count). The van der Waals surface area contributed by atoms with Crippen LogP contribution in [-0.2, 0) is 11.3 Å². The Kier molecular flexibility index (Phi) is 5.89. The van der Waals surface area contributed by atoms with E-state index in [1.165, 1.54) is 0 Å². The molecule has 0 aliphatic carbocycles. The fourth-order valence-corrected chi connectivity index (χ4v) is 2.61. The van der Waals surface area contributed by atoms with Crippen LogP contribution in [0.2, 0.25) is 0 Å². The van der Waals surface area contributed by atoms with Crippen LogP contribution in [-0.4, -0.2) is 25.4 Å².